The van der Waals surface area contributed by atoms with Gasteiger partial charge in [0.15, 0.2) is 0 Å². The third kappa shape index (κ3) is 2.80. The summed E-state index contributed by atoms with van der Waals surface area (Å²) in [5, 5.41) is 0. The molecule has 0 atom stereocenters. The lowest BCUT2D eigenvalue weighted by Crippen LogP contribution is -2.44. The van der Waals surface area contributed by atoms with Gasteiger partial charge in [-0.2, -0.15) is 0 Å². The molecule has 1 aromatic carbocycles. The number of carbonyl (C=O) groups is 1. The van der Waals surface area contributed by atoms with Gasteiger partial charge in [-0.15, -0.1) is 0 Å². The molecule has 1 saturated carbocycles. The second-order valence-electron chi connectivity index (χ2n) is 5.82. The lowest BCUT2D eigenvalue weighted by Gasteiger charge is -2.38. The molecule has 0 aromatic heterocycles. The van der Waals surface area contributed by atoms with Crippen molar-refractivity contribution in [1.29, 1.82) is 0 Å². The molecule has 108 valence electrons. The van der Waals surface area contributed by atoms with E-state index in [0.717, 1.165) is 37.7 Å². The second kappa shape index (κ2) is 5.83. The zero-order chi connectivity index (χ0) is 13.9. The summed E-state index contributed by atoms with van der Waals surface area (Å²) < 4.78 is 0. The van der Waals surface area contributed by atoms with E-state index in [9.17, 15) is 4.79 Å². The molecule has 4 heteroatoms. The highest BCUT2D eigenvalue weighted by molar-refractivity contribution is 5.97. The maximum atomic E-state index is 12.3. The first-order valence-corrected chi connectivity index (χ1v) is 7.64. The largest absolute Gasteiger partial charge is 0.368 e. The minimum Gasteiger partial charge on any atom is -0.368 e. The molecule has 1 fully saturated rings. The van der Waals surface area contributed by atoms with Gasteiger partial charge in [0.25, 0.3) is 0 Å². The number of para-hydroxylation sites is 2. The smallest absolute Gasteiger partial charge is 0.227 e. The van der Waals surface area contributed by atoms with Crippen LogP contribution < -0.4 is 15.5 Å². The van der Waals surface area contributed by atoms with Gasteiger partial charge in [0, 0.05) is 26.1 Å². The van der Waals surface area contributed by atoms with Crippen LogP contribution in [0.3, 0.4) is 0 Å². The maximum absolute atomic E-state index is 12.3. The Morgan fingerprint density at radius 3 is 2.65 bits per heavy atom. The Labute approximate surface area is 120 Å². The topological polar surface area (TPSA) is 49.6 Å². The Balaban J connectivity index is 1.78. The molecular weight excluding hydrogens is 250 g/mol. The van der Waals surface area contributed by atoms with Crippen molar-refractivity contribution in [2.75, 3.05) is 36.0 Å². The molecule has 1 aliphatic heterocycles. The van der Waals surface area contributed by atoms with Crippen molar-refractivity contribution < 1.29 is 4.79 Å². The summed E-state index contributed by atoms with van der Waals surface area (Å²) in [6.07, 6.45) is 4.03. The van der Waals surface area contributed by atoms with Crippen LogP contribution in [0.1, 0.15) is 25.7 Å². The van der Waals surface area contributed by atoms with Crippen LogP contribution in [-0.2, 0) is 4.79 Å². The Morgan fingerprint density at radius 2 is 1.95 bits per heavy atom. The Hall–Kier alpha value is -1.55. The van der Waals surface area contributed by atoms with Crippen LogP contribution in [0.25, 0.3) is 0 Å². The fraction of sp³-hybridized carbons (Fsp3) is 0.562. The highest BCUT2D eigenvalue weighted by atomic mass is 16.2. The number of anilines is 2. The molecule has 3 rings (SSSR count). The van der Waals surface area contributed by atoms with Crippen LogP contribution in [-0.4, -0.2) is 32.1 Å². The molecule has 0 unspecified atom stereocenters. The molecule has 1 aromatic rings. The normalized spacial score (nSPS) is 18.1. The van der Waals surface area contributed by atoms with Gasteiger partial charge in [-0.05, 0) is 43.9 Å². The minimum absolute atomic E-state index is 0.203. The summed E-state index contributed by atoms with van der Waals surface area (Å²) in [7, 11) is 0. The zero-order valence-corrected chi connectivity index (χ0v) is 11.9. The van der Waals surface area contributed by atoms with Crippen molar-refractivity contribution in [2.24, 2.45) is 11.7 Å². The quantitative estimate of drug-likeness (QED) is 0.892. The van der Waals surface area contributed by atoms with E-state index in [4.69, 9.17) is 5.73 Å². The first kappa shape index (κ1) is 13.4. The van der Waals surface area contributed by atoms with E-state index in [1.807, 2.05) is 11.0 Å². The fourth-order valence-electron chi connectivity index (χ4n) is 2.87. The number of fused-ring (bicyclic) bond motifs is 1. The maximum Gasteiger partial charge on any atom is 0.227 e. The third-order valence-electron chi connectivity index (χ3n) is 4.18. The number of amides is 1. The second-order valence-corrected chi connectivity index (χ2v) is 5.82. The van der Waals surface area contributed by atoms with Gasteiger partial charge >= 0.3 is 0 Å². The highest BCUT2D eigenvalue weighted by Gasteiger charge is 2.30. The van der Waals surface area contributed by atoms with Gasteiger partial charge in [0.05, 0.1) is 11.4 Å². The van der Waals surface area contributed by atoms with Crippen LogP contribution in [0.15, 0.2) is 24.3 Å². The van der Waals surface area contributed by atoms with Crippen LogP contribution in [0, 0.1) is 5.92 Å². The predicted octanol–water partition coefficient (Wildman–Crippen LogP) is 1.99. The van der Waals surface area contributed by atoms with Crippen LogP contribution >= 0.6 is 0 Å². The lowest BCUT2D eigenvalue weighted by molar-refractivity contribution is -0.118. The Kier molecular flexibility index (Phi) is 3.92. The number of nitrogens with zero attached hydrogens (tertiary/aromatic N) is 2. The van der Waals surface area contributed by atoms with E-state index < -0.39 is 0 Å². The van der Waals surface area contributed by atoms with Crippen molar-refractivity contribution in [1.82, 2.24) is 0 Å². The van der Waals surface area contributed by atoms with Crippen molar-refractivity contribution in [3.05, 3.63) is 24.3 Å². The van der Waals surface area contributed by atoms with Crippen molar-refractivity contribution >= 4 is 17.3 Å². The van der Waals surface area contributed by atoms with Gasteiger partial charge in [0.2, 0.25) is 5.91 Å². The predicted molar refractivity (Wildman–Crippen MR) is 82.0 cm³/mol. The SMILES string of the molecule is NCCCC(=O)N1CCN(CC2CC2)c2ccccc21. The molecule has 0 saturated heterocycles. The number of rotatable bonds is 5. The third-order valence-corrected chi connectivity index (χ3v) is 4.18. The summed E-state index contributed by atoms with van der Waals surface area (Å²) >= 11 is 0. The Bertz CT molecular complexity index is 484. The standard InChI is InChI=1S/C16H23N3O/c17-9-3-6-16(20)19-11-10-18(12-13-7-8-13)14-4-1-2-5-15(14)19/h1-2,4-5,13H,3,6-12,17H2. The van der Waals surface area contributed by atoms with Crippen LogP contribution in [0.4, 0.5) is 11.4 Å². The average molecular weight is 273 g/mol. The van der Waals surface area contributed by atoms with Gasteiger partial charge in [-0.25, -0.2) is 0 Å². The molecule has 2 aliphatic rings. The molecule has 1 amide bonds. The number of nitrogens with two attached hydrogens (primary N) is 1. The summed E-state index contributed by atoms with van der Waals surface area (Å²) in [4.78, 5) is 16.7. The number of benzene rings is 1. The molecule has 0 bridgehead atoms. The van der Waals surface area contributed by atoms with E-state index in [2.05, 4.69) is 23.1 Å². The average Bonchev–Trinajstić information content (AvgIpc) is 3.29. The number of carbonyl (C=O) groups excluding carboxylic acids is 1. The van der Waals surface area contributed by atoms with E-state index in [1.165, 1.54) is 18.5 Å². The number of hydrogen-bond donors (Lipinski definition) is 1. The van der Waals surface area contributed by atoms with Crippen LogP contribution in [0.2, 0.25) is 0 Å². The summed E-state index contributed by atoms with van der Waals surface area (Å²) in [6, 6.07) is 8.28. The molecule has 2 N–H and O–H groups in total. The van der Waals surface area contributed by atoms with Gasteiger partial charge in [0.1, 0.15) is 0 Å². The van der Waals surface area contributed by atoms with Gasteiger partial charge in [-0.1, -0.05) is 12.1 Å². The van der Waals surface area contributed by atoms with E-state index in [-0.39, 0.29) is 5.91 Å². The van der Waals surface area contributed by atoms with E-state index in [0.29, 0.717) is 13.0 Å². The molecule has 0 radical (unpaired) electrons. The summed E-state index contributed by atoms with van der Waals surface area (Å²) in [6.45, 7) is 3.46. The van der Waals surface area contributed by atoms with Gasteiger partial charge < -0.3 is 15.5 Å². The molecule has 0 spiro atoms. The van der Waals surface area contributed by atoms with Crippen molar-refractivity contribution in [3.8, 4) is 0 Å². The van der Waals surface area contributed by atoms with Gasteiger partial charge in [-0.3, -0.25) is 4.79 Å². The van der Waals surface area contributed by atoms with Crippen molar-refractivity contribution in [2.45, 2.75) is 25.7 Å². The molecule has 20 heavy (non-hydrogen) atoms. The lowest BCUT2D eigenvalue weighted by atomic mass is 10.1. The fourth-order valence-corrected chi connectivity index (χ4v) is 2.87. The highest BCUT2D eigenvalue weighted by Crippen LogP contribution is 2.37. The monoisotopic (exact) mass is 273 g/mol. The van der Waals surface area contributed by atoms with Crippen molar-refractivity contribution in [3.63, 3.8) is 0 Å². The number of hydrogen-bond acceptors (Lipinski definition) is 3. The van der Waals surface area contributed by atoms with E-state index >= 15 is 0 Å². The Morgan fingerprint density at radius 1 is 1.20 bits per heavy atom. The molecule has 4 nitrogen and oxygen atoms in total. The van der Waals surface area contributed by atoms with E-state index in [1.54, 1.807) is 0 Å². The molecule has 1 aliphatic carbocycles. The molecular formula is C16H23N3O. The summed E-state index contributed by atoms with van der Waals surface area (Å²) in [5.74, 6) is 1.07. The first-order chi connectivity index (χ1) is 9.79. The minimum atomic E-state index is 0.203. The zero-order valence-electron chi connectivity index (χ0n) is 11.9. The summed E-state index contributed by atoms with van der Waals surface area (Å²) in [5.41, 5.74) is 7.79. The molecule has 1 heterocycles. The first-order valence-electron chi connectivity index (χ1n) is 7.64. The van der Waals surface area contributed by atoms with Crippen LogP contribution in [0.5, 0.6) is 0 Å².